The molecule has 0 radical (unpaired) electrons. The second-order valence-corrected chi connectivity index (χ2v) is 34.9. The summed E-state index contributed by atoms with van der Waals surface area (Å²) in [4.78, 5) is 38.2. The third-order valence-electron chi connectivity index (χ3n) is 23.6. The standard InChI is InChI=1S/C112H158N2O16/c1-8-12-16-20-24-28-32-36-40-44-72-120-98-62-50-91(51-63-98)82-127-106-70-58-95(79-108(106)129-84-93-54-66-100(67-55-93)122-74-46-42-38-34-30-26-22-18-14-10-3)86-125-103-76-97(88-124-102-60-48-90(49-61-102)78-105(114-112(117)119-7)110(115)113-89(5)111(116)118-6)77-104(81-103)126-87-96-59-71-107(128-83-92-52-64-99(65-53-92)121-73-45-41-37-33-29-25-21-17-13-9-2)109(80-96)130-85-94-56-68-101(69-57-94)123-75-47-43-39-35-31-27-23-19-15-11-4/h48-71,76-77,79-81,89,105H,8-47,72-75,78,82-88H2,1-7H3,(H,113,115)(H,114,117)/t89-,105-/m0/s1. The van der Waals surface area contributed by atoms with Gasteiger partial charge in [-0.05, 0) is 174 Å². The van der Waals surface area contributed by atoms with Gasteiger partial charge in [-0.25, -0.2) is 9.59 Å². The largest absolute Gasteiger partial charge is 0.494 e. The van der Waals surface area contributed by atoms with Gasteiger partial charge in [0.25, 0.3) is 0 Å². The van der Waals surface area contributed by atoms with Gasteiger partial charge in [-0.1, -0.05) is 332 Å². The van der Waals surface area contributed by atoms with Gasteiger partial charge in [-0.15, -0.1) is 0 Å². The molecule has 712 valence electrons. The number of rotatable bonds is 75. The Hall–Kier alpha value is -10.2. The van der Waals surface area contributed by atoms with E-state index < -0.39 is 30.1 Å². The maximum Gasteiger partial charge on any atom is 0.407 e. The third kappa shape index (κ3) is 45.1. The highest BCUT2D eigenvalue weighted by molar-refractivity contribution is 5.89. The van der Waals surface area contributed by atoms with Crippen LogP contribution in [0.15, 0.2) is 176 Å². The molecule has 2 atom stereocenters. The summed E-state index contributed by atoms with van der Waals surface area (Å²) in [5, 5.41) is 5.21. The summed E-state index contributed by atoms with van der Waals surface area (Å²) in [7, 11) is 2.46. The summed E-state index contributed by atoms with van der Waals surface area (Å²) in [6, 6.07) is 55.4. The molecule has 0 aliphatic rings. The molecule has 2 N–H and O–H groups in total. The number of ether oxygens (including phenoxy) is 13. The molecule has 0 aromatic heterocycles. The van der Waals surface area contributed by atoms with Crippen LogP contribution in [0, 0.1) is 0 Å². The Morgan fingerprint density at radius 2 is 0.492 bits per heavy atom. The van der Waals surface area contributed by atoms with Crippen LogP contribution in [0.3, 0.4) is 0 Å². The zero-order chi connectivity index (χ0) is 91.7. The Bertz CT molecular complexity index is 4070. The number of hydrogen-bond donors (Lipinski definition) is 2. The minimum absolute atomic E-state index is 0.0859. The number of carbonyl (C=O) groups is 3. The Labute approximate surface area is 780 Å². The number of amides is 2. The fourth-order valence-electron chi connectivity index (χ4n) is 15.5. The minimum atomic E-state index is -1.07. The van der Waals surface area contributed by atoms with E-state index >= 15 is 0 Å². The van der Waals surface area contributed by atoms with Crippen LogP contribution in [0.5, 0.6) is 63.2 Å². The number of benzene rings is 8. The molecule has 0 unspecified atom stereocenters. The monoisotopic (exact) mass is 1790 g/mol. The van der Waals surface area contributed by atoms with E-state index in [9.17, 15) is 14.4 Å². The maximum atomic E-state index is 13.4. The molecule has 0 heterocycles. The first-order valence-electron chi connectivity index (χ1n) is 49.9. The van der Waals surface area contributed by atoms with Gasteiger partial charge in [-0.3, -0.25) is 4.79 Å². The molecule has 0 aliphatic carbocycles. The van der Waals surface area contributed by atoms with Gasteiger partial charge in [0.2, 0.25) is 5.91 Å². The molecule has 2 amide bonds. The molecule has 8 aromatic carbocycles. The number of alkyl carbamates (subject to hydrolysis) is 1. The Balaban J connectivity index is 0.987. The molecule has 0 aliphatic heterocycles. The lowest BCUT2D eigenvalue weighted by molar-refractivity contribution is -0.144. The van der Waals surface area contributed by atoms with Crippen LogP contribution in [-0.2, 0) is 71.7 Å². The topological polar surface area (TPSA) is 195 Å². The highest BCUT2D eigenvalue weighted by atomic mass is 16.5. The lowest BCUT2D eigenvalue weighted by atomic mass is 10.0. The highest BCUT2D eigenvalue weighted by Gasteiger charge is 2.26. The van der Waals surface area contributed by atoms with Crippen LogP contribution >= 0.6 is 0 Å². The second-order valence-electron chi connectivity index (χ2n) is 34.9. The molecule has 0 bridgehead atoms. The van der Waals surface area contributed by atoms with E-state index in [4.69, 9.17) is 61.6 Å². The average Bonchev–Trinajstić information content (AvgIpc) is 0.871. The predicted octanol–water partition coefficient (Wildman–Crippen LogP) is 28.9. The van der Waals surface area contributed by atoms with Gasteiger partial charge in [0.05, 0.1) is 40.6 Å². The summed E-state index contributed by atoms with van der Waals surface area (Å²) < 4.78 is 81.1. The first-order valence-corrected chi connectivity index (χ1v) is 49.9. The summed E-state index contributed by atoms with van der Waals surface area (Å²) in [6.45, 7) is 15.0. The fourth-order valence-corrected chi connectivity index (χ4v) is 15.5. The number of hydrogen-bond acceptors (Lipinski definition) is 16. The third-order valence-corrected chi connectivity index (χ3v) is 23.6. The first kappa shape index (κ1) is 105. The lowest BCUT2D eigenvalue weighted by Gasteiger charge is -2.20. The van der Waals surface area contributed by atoms with Gasteiger partial charge in [0.1, 0.15) is 98.6 Å². The van der Waals surface area contributed by atoms with E-state index in [1.165, 1.54) is 252 Å². The average molecular weight is 1790 g/mol. The molecule has 0 saturated heterocycles. The van der Waals surface area contributed by atoms with E-state index in [-0.39, 0.29) is 39.5 Å². The van der Waals surface area contributed by atoms with E-state index in [0.29, 0.717) is 85.5 Å². The number of unbranched alkanes of at least 4 members (excludes halogenated alkanes) is 36. The molecule has 0 fully saturated rings. The summed E-state index contributed by atoms with van der Waals surface area (Å²) in [5.41, 5.74) is 7.10. The van der Waals surface area contributed by atoms with Crippen LogP contribution in [0.25, 0.3) is 0 Å². The fraction of sp³-hybridized carbons (Fsp3) is 0.545. The molecular formula is C112H158N2O16. The van der Waals surface area contributed by atoms with Crippen LogP contribution in [0.2, 0.25) is 0 Å². The number of nitrogens with one attached hydrogen (secondary N) is 2. The molecular weight excluding hydrogens is 1630 g/mol. The van der Waals surface area contributed by atoms with Crippen molar-refractivity contribution >= 4 is 18.0 Å². The zero-order valence-corrected chi connectivity index (χ0v) is 80.2. The second kappa shape index (κ2) is 66.2. The summed E-state index contributed by atoms with van der Waals surface area (Å²) >= 11 is 0. The van der Waals surface area contributed by atoms with Crippen molar-refractivity contribution in [1.29, 1.82) is 0 Å². The molecule has 130 heavy (non-hydrogen) atoms. The number of methoxy groups -OCH3 is 2. The van der Waals surface area contributed by atoms with Crippen LogP contribution in [0.4, 0.5) is 4.79 Å². The number of esters is 1. The van der Waals surface area contributed by atoms with Gasteiger partial charge < -0.3 is 72.2 Å². The Morgan fingerprint density at radius 3 is 0.792 bits per heavy atom. The normalized spacial score (nSPS) is 11.6. The van der Waals surface area contributed by atoms with E-state index in [1.54, 1.807) is 12.1 Å². The number of carbonyl (C=O) groups excluding carboxylic acids is 3. The minimum Gasteiger partial charge on any atom is -0.494 e. The molecule has 8 rings (SSSR count). The zero-order valence-electron chi connectivity index (χ0n) is 80.2. The highest BCUT2D eigenvalue weighted by Crippen LogP contribution is 2.36. The van der Waals surface area contributed by atoms with Crippen LogP contribution in [-0.4, -0.2) is 70.7 Å². The predicted molar refractivity (Wildman–Crippen MR) is 524 cm³/mol. The molecule has 0 spiro atoms. The van der Waals surface area contributed by atoms with Crippen molar-refractivity contribution in [2.24, 2.45) is 0 Å². The maximum absolute atomic E-state index is 13.4. The van der Waals surface area contributed by atoms with Crippen LogP contribution in [0.1, 0.15) is 336 Å². The van der Waals surface area contributed by atoms with Crippen molar-refractivity contribution in [3.8, 4) is 63.2 Å². The molecule has 0 saturated carbocycles. The van der Waals surface area contributed by atoms with Crippen molar-refractivity contribution < 1.29 is 76.0 Å². The van der Waals surface area contributed by atoms with E-state index in [2.05, 4.69) is 86.9 Å². The summed E-state index contributed by atoms with van der Waals surface area (Å²) in [5.74, 6) is 6.07. The summed E-state index contributed by atoms with van der Waals surface area (Å²) in [6.07, 6.45) is 50.3. The van der Waals surface area contributed by atoms with E-state index in [1.807, 2.05) is 115 Å². The SMILES string of the molecule is CCCCCCCCCCCCOc1ccc(COc2ccc(COc3cc(COc4ccc(C[C@H](NC(=O)OC)C(=O)N[C@@H](C)C(=O)OC)cc4)cc(OCc4ccc(OCc5ccc(OCCCCCCCCCCCC)cc5)c(OCc5ccc(OCCCCCCCCCCCC)cc5)c4)c3)cc2OCc2ccc(OCCCCCCCCCCCC)cc2)cc1. The van der Waals surface area contributed by atoms with Gasteiger partial charge in [0.15, 0.2) is 23.0 Å². The van der Waals surface area contributed by atoms with Crippen molar-refractivity contribution in [3.05, 3.63) is 220 Å². The first-order chi connectivity index (χ1) is 63.9. The molecule has 18 heteroatoms. The molecule has 18 nitrogen and oxygen atoms in total. The van der Waals surface area contributed by atoms with Gasteiger partial charge in [-0.2, -0.15) is 0 Å². The Kier molecular flexibility index (Phi) is 53.5. The smallest absolute Gasteiger partial charge is 0.407 e. The van der Waals surface area contributed by atoms with Gasteiger partial charge >= 0.3 is 12.1 Å². The molecule has 8 aromatic rings. The van der Waals surface area contributed by atoms with E-state index in [0.717, 1.165) is 87.6 Å². The van der Waals surface area contributed by atoms with Crippen LogP contribution < -0.4 is 62.7 Å². The van der Waals surface area contributed by atoms with Crippen molar-refractivity contribution in [1.82, 2.24) is 10.6 Å². The quantitative estimate of drug-likeness (QED) is 0.0270. The van der Waals surface area contributed by atoms with Gasteiger partial charge in [0, 0.05) is 12.5 Å². The van der Waals surface area contributed by atoms with Crippen molar-refractivity contribution in [2.45, 2.75) is 356 Å². The lowest BCUT2D eigenvalue weighted by Crippen LogP contribution is -2.51. The van der Waals surface area contributed by atoms with Crippen molar-refractivity contribution in [2.75, 3.05) is 40.6 Å². The Morgan fingerprint density at radius 1 is 0.238 bits per heavy atom. The van der Waals surface area contributed by atoms with Crippen molar-refractivity contribution in [3.63, 3.8) is 0 Å².